The molecule has 1 saturated heterocycles. The summed E-state index contributed by atoms with van der Waals surface area (Å²) >= 11 is 6.06. The highest BCUT2D eigenvalue weighted by Gasteiger charge is 2.40. The zero-order chi connectivity index (χ0) is 15.3. The Kier molecular flexibility index (Phi) is 5.65. The molecule has 1 amide bonds. The molecule has 3 nitrogen and oxygen atoms in total. The Balaban J connectivity index is 2.12. The first kappa shape index (κ1) is 16.3. The Bertz CT molecular complexity index is 483. The van der Waals surface area contributed by atoms with Crippen molar-refractivity contribution in [2.24, 2.45) is 5.41 Å². The van der Waals surface area contributed by atoms with E-state index in [1.807, 2.05) is 24.3 Å². The van der Waals surface area contributed by atoms with Crippen molar-refractivity contribution in [1.29, 1.82) is 0 Å². The van der Waals surface area contributed by atoms with Gasteiger partial charge in [0.2, 0.25) is 5.91 Å². The first-order valence-electron chi connectivity index (χ1n) is 7.88. The van der Waals surface area contributed by atoms with E-state index in [1.165, 1.54) is 0 Å². The average molecular weight is 309 g/mol. The number of halogens is 1. The molecule has 1 heterocycles. The van der Waals surface area contributed by atoms with E-state index >= 15 is 0 Å². The highest BCUT2D eigenvalue weighted by atomic mass is 35.5. The molecule has 0 saturated carbocycles. The van der Waals surface area contributed by atoms with Gasteiger partial charge in [-0.15, -0.1) is 0 Å². The molecule has 2 unspecified atom stereocenters. The normalized spacial score (nSPS) is 23.0. The van der Waals surface area contributed by atoms with Gasteiger partial charge in [0, 0.05) is 11.6 Å². The molecule has 1 aliphatic heterocycles. The largest absolute Gasteiger partial charge is 0.349 e. The summed E-state index contributed by atoms with van der Waals surface area (Å²) in [5, 5.41) is 7.29. The predicted octanol–water partition coefficient (Wildman–Crippen LogP) is 3.69. The van der Waals surface area contributed by atoms with Gasteiger partial charge in [-0.25, -0.2) is 0 Å². The smallest absolute Gasteiger partial charge is 0.228 e. The molecule has 0 aromatic heterocycles. The van der Waals surface area contributed by atoms with Crippen LogP contribution in [0.5, 0.6) is 0 Å². The summed E-state index contributed by atoms with van der Waals surface area (Å²) in [6.45, 7) is 5.95. The van der Waals surface area contributed by atoms with Crippen molar-refractivity contribution < 1.29 is 4.79 Å². The van der Waals surface area contributed by atoms with Gasteiger partial charge in [0.05, 0.1) is 11.5 Å². The van der Waals surface area contributed by atoms with Crippen LogP contribution in [-0.4, -0.2) is 19.0 Å². The van der Waals surface area contributed by atoms with Crippen molar-refractivity contribution in [3.63, 3.8) is 0 Å². The summed E-state index contributed by atoms with van der Waals surface area (Å²) in [5.41, 5.74) is 0.844. The second-order valence-corrected chi connectivity index (χ2v) is 6.38. The Hall–Kier alpha value is -1.06. The van der Waals surface area contributed by atoms with E-state index in [2.05, 4.69) is 24.5 Å². The van der Waals surface area contributed by atoms with Gasteiger partial charge in [-0.1, -0.05) is 44.0 Å². The predicted molar refractivity (Wildman–Crippen MR) is 87.5 cm³/mol. The van der Waals surface area contributed by atoms with E-state index in [9.17, 15) is 4.79 Å². The fourth-order valence-electron chi connectivity index (χ4n) is 3.20. The summed E-state index contributed by atoms with van der Waals surface area (Å²) < 4.78 is 0. The maximum absolute atomic E-state index is 12.8. The molecule has 1 aromatic carbocycles. The third-order valence-electron chi connectivity index (χ3n) is 4.42. The van der Waals surface area contributed by atoms with Crippen molar-refractivity contribution in [3.05, 3.63) is 34.9 Å². The highest BCUT2D eigenvalue weighted by molar-refractivity contribution is 6.30. The Morgan fingerprint density at radius 2 is 2.29 bits per heavy atom. The monoisotopic (exact) mass is 308 g/mol. The van der Waals surface area contributed by atoms with Crippen molar-refractivity contribution in [3.8, 4) is 0 Å². The van der Waals surface area contributed by atoms with Gasteiger partial charge in [0.15, 0.2) is 0 Å². The highest BCUT2D eigenvalue weighted by Crippen LogP contribution is 2.32. The van der Waals surface area contributed by atoms with Crippen molar-refractivity contribution >= 4 is 17.5 Å². The molecule has 21 heavy (non-hydrogen) atoms. The lowest BCUT2D eigenvalue weighted by molar-refractivity contribution is -0.131. The molecule has 116 valence electrons. The Morgan fingerprint density at radius 1 is 1.48 bits per heavy atom. The van der Waals surface area contributed by atoms with E-state index in [-0.39, 0.29) is 17.4 Å². The van der Waals surface area contributed by atoms with Gasteiger partial charge in [-0.3, -0.25) is 4.79 Å². The summed E-state index contributed by atoms with van der Waals surface area (Å²) in [7, 11) is 0. The first-order valence-corrected chi connectivity index (χ1v) is 8.26. The number of benzene rings is 1. The first-order chi connectivity index (χ1) is 10.1. The summed E-state index contributed by atoms with van der Waals surface area (Å²) in [5.74, 6) is 0.182. The van der Waals surface area contributed by atoms with Crippen LogP contribution in [0.1, 0.15) is 51.1 Å². The minimum atomic E-state index is -0.235. The summed E-state index contributed by atoms with van der Waals surface area (Å²) in [6.07, 6.45) is 3.77. The molecule has 4 heteroatoms. The maximum Gasteiger partial charge on any atom is 0.228 e. The van der Waals surface area contributed by atoms with Gasteiger partial charge in [0.1, 0.15) is 0 Å². The Labute approximate surface area is 132 Å². The SMILES string of the molecule is CCCC1(C(=O)NC(CC)c2cccc(Cl)c2)CCNC1. The summed E-state index contributed by atoms with van der Waals surface area (Å²) in [6, 6.07) is 7.80. The standard InChI is InChI=1S/C17H25ClN2O/c1-3-8-17(9-10-19-12-17)16(21)20-15(4-2)13-6-5-7-14(18)11-13/h5-7,11,15,19H,3-4,8-10,12H2,1-2H3,(H,20,21). The minimum absolute atomic E-state index is 0.0329. The van der Waals surface area contributed by atoms with Gasteiger partial charge >= 0.3 is 0 Å². The number of nitrogens with one attached hydrogen (secondary N) is 2. The van der Waals surface area contributed by atoms with Crippen molar-refractivity contribution in [1.82, 2.24) is 10.6 Å². The van der Waals surface area contributed by atoms with E-state index in [0.717, 1.165) is 44.3 Å². The van der Waals surface area contributed by atoms with Gasteiger partial charge < -0.3 is 10.6 Å². The molecule has 0 aliphatic carbocycles. The lowest BCUT2D eigenvalue weighted by Gasteiger charge is -2.29. The minimum Gasteiger partial charge on any atom is -0.349 e. The third kappa shape index (κ3) is 3.78. The zero-order valence-corrected chi connectivity index (χ0v) is 13.7. The lowest BCUT2D eigenvalue weighted by Crippen LogP contribution is -2.43. The van der Waals surface area contributed by atoms with Gasteiger partial charge in [-0.2, -0.15) is 0 Å². The molecule has 0 bridgehead atoms. The number of carbonyl (C=O) groups is 1. The Morgan fingerprint density at radius 3 is 2.86 bits per heavy atom. The number of amides is 1. The van der Waals surface area contributed by atoms with Crippen LogP contribution in [0.15, 0.2) is 24.3 Å². The number of hydrogen-bond donors (Lipinski definition) is 2. The van der Waals surface area contributed by atoms with Crippen LogP contribution in [0, 0.1) is 5.41 Å². The third-order valence-corrected chi connectivity index (χ3v) is 4.65. The van der Waals surface area contributed by atoms with E-state index in [4.69, 9.17) is 11.6 Å². The molecule has 2 rings (SSSR count). The second kappa shape index (κ2) is 7.28. The molecule has 1 aliphatic rings. The lowest BCUT2D eigenvalue weighted by atomic mass is 9.81. The molecule has 2 N–H and O–H groups in total. The summed E-state index contributed by atoms with van der Waals surface area (Å²) in [4.78, 5) is 12.8. The average Bonchev–Trinajstić information content (AvgIpc) is 2.95. The second-order valence-electron chi connectivity index (χ2n) is 5.95. The molecular weight excluding hydrogens is 284 g/mol. The fourth-order valence-corrected chi connectivity index (χ4v) is 3.40. The quantitative estimate of drug-likeness (QED) is 0.841. The van der Waals surface area contributed by atoms with Crippen LogP contribution < -0.4 is 10.6 Å². The van der Waals surface area contributed by atoms with Crippen molar-refractivity contribution in [2.45, 2.75) is 45.6 Å². The molecule has 2 atom stereocenters. The van der Waals surface area contributed by atoms with E-state index in [1.54, 1.807) is 0 Å². The van der Waals surface area contributed by atoms with Crippen LogP contribution in [0.25, 0.3) is 0 Å². The van der Waals surface area contributed by atoms with Crippen molar-refractivity contribution in [2.75, 3.05) is 13.1 Å². The number of rotatable bonds is 6. The molecule has 0 radical (unpaired) electrons. The van der Waals surface area contributed by atoms with E-state index < -0.39 is 0 Å². The maximum atomic E-state index is 12.8. The van der Waals surface area contributed by atoms with E-state index in [0.29, 0.717) is 5.02 Å². The van der Waals surface area contributed by atoms with Gasteiger partial charge in [-0.05, 0) is 43.5 Å². The van der Waals surface area contributed by atoms with Crippen LogP contribution >= 0.6 is 11.6 Å². The zero-order valence-electron chi connectivity index (χ0n) is 12.9. The van der Waals surface area contributed by atoms with Crippen LogP contribution in [-0.2, 0) is 4.79 Å². The number of hydrogen-bond acceptors (Lipinski definition) is 2. The topological polar surface area (TPSA) is 41.1 Å². The van der Waals surface area contributed by atoms with Crippen LogP contribution in [0.2, 0.25) is 5.02 Å². The van der Waals surface area contributed by atoms with Crippen LogP contribution in [0.3, 0.4) is 0 Å². The van der Waals surface area contributed by atoms with Gasteiger partial charge in [0.25, 0.3) is 0 Å². The molecule has 0 spiro atoms. The molecule has 1 aromatic rings. The fraction of sp³-hybridized carbons (Fsp3) is 0.588. The van der Waals surface area contributed by atoms with Crippen LogP contribution in [0.4, 0.5) is 0 Å². The molecular formula is C17H25ClN2O. The number of carbonyl (C=O) groups excluding carboxylic acids is 1. The molecule has 1 fully saturated rings.